The highest BCUT2D eigenvalue weighted by Crippen LogP contribution is 2.33. The Kier molecular flexibility index (Phi) is 54.1. The predicted octanol–water partition coefficient (Wildman–Crippen LogP) is 12.6. The molecule has 0 aromatic rings. The van der Waals surface area contributed by atoms with E-state index in [9.17, 15) is 61.0 Å². The van der Waals surface area contributed by atoms with Gasteiger partial charge in [-0.25, -0.2) is 0 Å². The van der Waals surface area contributed by atoms with Gasteiger partial charge < -0.3 is 89.9 Å². The SMILES string of the molecule is CCCCCC/C=C/CC/C=C/C(O)C(COC1OC(CO)C(OC2OC(CO)C(OC3OC(CO)C(O)C(O)C3O)C(O)C2O)C(O)C1O)NC(=O)CCCCCCCCCCCCCCCCCCCCCCCCCCCCCCCCCCCCCCCCCCC. The van der Waals surface area contributed by atoms with Crippen molar-refractivity contribution < 1.29 is 89.4 Å². The monoisotopic (exact) mass is 1370 g/mol. The van der Waals surface area contributed by atoms with Crippen LogP contribution in [0.25, 0.3) is 0 Å². The van der Waals surface area contributed by atoms with E-state index in [4.69, 9.17) is 28.4 Å². The molecule has 0 spiro atoms. The van der Waals surface area contributed by atoms with Crippen LogP contribution in [0.4, 0.5) is 0 Å². The number of amides is 1. The molecule has 17 unspecified atom stereocenters. The zero-order valence-corrected chi connectivity index (χ0v) is 60.4. The molecule has 17 atom stereocenters. The molecule has 19 heteroatoms. The molecule has 3 heterocycles. The Balaban J connectivity index is 1.23. The van der Waals surface area contributed by atoms with E-state index in [1.807, 2.05) is 6.08 Å². The molecule has 0 aliphatic carbocycles. The molecule has 0 bridgehead atoms. The van der Waals surface area contributed by atoms with Crippen LogP contribution in [-0.4, -0.2) is 193 Å². The van der Waals surface area contributed by atoms with Gasteiger partial charge in [0.1, 0.15) is 73.2 Å². The van der Waals surface area contributed by atoms with Gasteiger partial charge in [0.05, 0.1) is 38.6 Å². The third-order valence-corrected chi connectivity index (χ3v) is 20.0. The third kappa shape index (κ3) is 39.1. The Bertz CT molecular complexity index is 1830. The van der Waals surface area contributed by atoms with Crippen molar-refractivity contribution >= 4 is 5.91 Å². The van der Waals surface area contributed by atoms with E-state index in [1.54, 1.807) is 6.08 Å². The summed E-state index contributed by atoms with van der Waals surface area (Å²) in [5, 5.41) is 120. The molecule has 3 rings (SSSR count). The minimum atomic E-state index is -1.98. The lowest BCUT2D eigenvalue weighted by molar-refractivity contribution is -0.379. The number of carbonyl (C=O) groups excluding carboxylic acids is 1. The van der Waals surface area contributed by atoms with Crippen LogP contribution in [0.3, 0.4) is 0 Å². The summed E-state index contributed by atoms with van der Waals surface area (Å²) in [6, 6.07) is -0.985. The van der Waals surface area contributed by atoms with Crippen molar-refractivity contribution in [1.29, 1.82) is 0 Å². The van der Waals surface area contributed by atoms with Crippen LogP contribution in [-0.2, 0) is 33.2 Å². The fourth-order valence-corrected chi connectivity index (χ4v) is 13.6. The molecule has 3 aliphatic rings. The molecule has 19 nitrogen and oxygen atoms in total. The lowest BCUT2D eigenvalue weighted by Crippen LogP contribution is -2.66. The van der Waals surface area contributed by atoms with Gasteiger partial charge in [0.2, 0.25) is 5.91 Å². The molecule has 0 aromatic carbocycles. The maximum atomic E-state index is 13.4. The van der Waals surface area contributed by atoms with Gasteiger partial charge in [-0.1, -0.05) is 314 Å². The first-order valence-corrected chi connectivity index (χ1v) is 39.6. The van der Waals surface area contributed by atoms with Crippen LogP contribution >= 0.6 is 0 Å². The highest BCUT2D eigenvalue weighted by molar-refractivity contribution is 5.76. The summed E-state index contributed by atoms with van der Waals surface area (Å²) in [6.45, 7) is 1.70. The van der Waals surface area contributed by atoms with Gasteiger partial charge in [-0.05, 0) is 32.1 Å². The molecular formula is C77H145NO18. The van der Waals surface area contributed by atoms with E-state index in [0.29, 0.717) is 12.8 Å². The molecule has 12 N–H and O–H groups in total. The lowest BCUT2D eigenvalue weighted by atomic mass is 9.96. The van der Waals surface area contributed by atoms with Crippen LogP contribution in [0.2, 0.25) is 0 Å². The number of hydrogen-bond acceptors (Lipinski definition) is 18. The Morgan fingerprint density at radius 3 is 1.04 bits per heavy atom. The minimum Gasteiger partial charge on any atom is -0.394 e. The average Bonchev–Trinajstić information content (AvgIpc) is 0.802. The second-order valence-electron chi connectivity index (χ2n) is 28.5. The zero-order chi connectivity index (χ0) is 69.6. The van der Waals surface area contributed by atoms with Crippen molar-refractivity contribution in [1.82, 2.24) is 5.32 Å². The molecule has 3 saturated heterocycles. The fraction of sp³-hybridized carbons (Fsp3) is 0.935. The number of nitrogens with one attached hydrogen (secondary N) is 1. The van der Waals surface area contributed by atoms with Gasteiger partial charge in [0, 0.05) is 6.42 Å². The van der Waals surface area contributed by atoms with E-state index in [-0.39, 0.29) is 18.9 Å². The molecule has 0 saturated carbocycles. The molecule has 566 valence electrons. The highest BCUT2D eigenvalue weighted by atomic mass is 16.8. The normalized spacial score (nSPS) is 27.1. The van der Waals surface area contributed by atoms with E-state index in [0.717, 1.165) is 38.5 Å². The van der Waals surface area contributed by atoms with Crippen molar-refractivity contribution in [3.63, 3.8) is 0 Å². The van der Waals surface area contributed by atoms with Gasteiger partial charge >= 0.3 is 0 Å². The Morgan fingerprint density at radius 1 is 0.365 bits per heavy atom. The Hall–Kier alpha value is -1.73. The number of ether oxygens (including phenoxy) is 6. The number of hydrogen-bond donors (Lipinski definition) is 12. The van der Waals surface area contributed by atoms with Gasteiger partial charge in [-0.2, -0.15) is 0 Å². The van der Waals surface area contributed by atoms with Gasteiger partial charge in [0.15, 0.2) is 18.9 Å². The quantitative estimate of drug-likeness (QED) is 0.0199. The fourth-order valence-electron chi connectivity index (χ4n) is 13.6. The number of rotatable bonds is 63. The minimum absolute atomic E-state index is 0.240. The highest BCUT2D eigenvalue weighted by Gasteiger charge is 2.53. The third-order valence-electron chi connectivity index (χ3n) is 20.0. The summed E-state index contributed by atoms with van der Waals surface area (Å²) >= 11 is 0. The number of allylic oxidation sites excluding steroid dienone is 3. The average molecular weight is 1370 g/mol. The molecule has 1 amide bonds. The first-order chi connectivity index (χ1) is 46.8. The van der Waals surface area contributed by atoms with Crippen LogP contribution in [0.5, 0.6) is 0 Å². The van der Waals surface area contributed by atoms with Crippen LogP contribution in [0, 0.1) is 0 Å². The lowest BCUT2D eigenvalue weighted by Gasteiger charge is -2.48. The summed E-state index contributed by atoms with van der Waals surface area (Å²) in [6.07, 6.45) is 44.0. The smallest absolute Gasteiger partial charge is 0.220 e. The van der Waals surface area contributed by atoms with E-state index >= 15 is 0 Å². The van der Waals surface area contributed by atoms with Crippen molar-refractivity contribution in [3.05, 3.63) is 24.3 Å². The summed E-state index contributed by atoms with van der Waals surface area (Å²) in [7, 11) is 0. The number of carbonyl (C=O) groups is 1. The van der Waals surface area contributed by atoms with E-state index in [2.05, 4.69) is 31.3 Å². The van der Waals surface area contributed by atoms with Crippen molar-refractivity contribution in [3.8, 4) is 0 Å². The summed E-state index contributed by atoms with van der Waals surface area (Å²) in [5.74, 6) is -0.282. The Labute approximate surface area is 581 Å². The topological polar surface area (TPSA) is 307 Å². The van der Waals surface area contributed by atoms with Crippen LogP contribution in [0.15, 0.2) is 24.3 Å². The molecule has 0 aromatic heterocycles. The largest absolute Gasteiger partial charge is 0.394 e. The van der Waals surface area contributed by atoms with E-state index < -0.39 is 124 Å². The predicted molar refractivity (Wildman–Crippen MR) is 379 cm³/mol. The van der Waals surface area contributed by atoms with Crippen LogP contribution < -0.4 is 5.32 Å². The molecule has 3 fully saturated rings. The van der Waals surface area contributed by atoms with Gasteiger partial charge in [-0.3, -0.25) is 4.79 Å². The Morgan fingerprint density at radius 2 is 0.667 bits per heavy atom. The number of aliphatic hydroxyl groups is 11. The molecule has 3 aliphatic heterocycles. The van der Waals surface area contributed by atoms with Crippen molar-refractivity contribution in [2.45, 2.75) is 433 Å². The van der Waals surface area contributed by atoms with Crippen LogP contribution in [0.1, 0.15) is 328 Å². The summed E-state index contributed by atoms with van der Waals surface area (Å²) in [4.78, 5) is 13.4. The maximum absolute atomic E-state index is 13.4. The first-order valence-electron chi connectivity index (χ1n) is 39.6. The standard InChI is InChI=1S/C77H145NO18/c1-3-5-7-9-11-13-15-16-17-18-19-20-21-22-23-24-25-26-27-28-29-30-31-32-33-34-35-36-37-38-39-40-41-42-43-44-45-47-49-51-53-55-65(83)78-60(61(82)54-52-50-48-46-14-12-10-8-6-4-2)59-91-75-71(89)68(86)73(63(57-80)93-75)96-77-72(90)69(87)74(64(58-81)94-77)95-76-70(88)67(85)66(84)62(56-79)92-76/h14,46,52,54,60-64,66-77,79-82,84-90H,3-13,15-45,47-51,53,55-59H2,1-2H3,(H,78,83)/b46-14+,54-52+. The maximum Gasteiger partial charge on any atom is 0.220 e. The van der Waals surface area contributed by atoms with Gasteiger partial charge in [0.25, 0.3) is 0 Å². The molecular weight excluding hydrogens is 1230 g/mol. The van der Waals surface area contributed by atoms with E-state index in [1.165, 1.54) is 257 Å². The second-order valence-corrected chi connectivity index (χ2v) is 28.5. The number of aliphatic hydroxyl groups excluding tert-OH is 11. The van der Waals surface area contributed by atoms with Crippen molar-refractivity contribution in [2.75, 3.05) is 26.4 Å². The number of unbranched alkanes of at least 4 members (excludes halogenated alkanes) is 45. The first kappa shape index (κ1) is 88.5. The van der Waals surface area contributed by atoms with Crippen molar-refractivity contribution in [2.24, 2.45) is 0 Å². The molecule has 0 radical (unpaired) electrons. The summed E-state index contributed by atoms with van der Waals surface area (Å²) < 4.78 is 34.3. The summed E-state index contributed by atoms with van der Waals surface area (Å²) in [5.41, 5.74) is 0. The molecule has 96 heavy (non-hydrogen) atoms. The second kappa shape index (κ2) is 58.7. The van der Waals surface area contributed by atoms with Gasteiger partial charge in [-0.15, -0.1) is 0 Å². The zero-order valence-electron chi connectivity index (χ0n) is 60.4.